The number of carbonyl (C=O) groups excluding carboxylic acids is 1. The van der Waals surface area contributed by atoms with Crippen LogP contribution in [0.25, 0.3) is 0 Å². The molecule has 0 aliphatic heterocycles. The maximum absolute atomic E-state index is 11.6. The van der Waals surface area contributed by atoms with E-state index >= 15 is 0 Å². The molecule has 0 amide bonds. The summed E-state index contributed by atoms with van der Waals surface area (Å²) in [6, 6.07) is 0. The first-order valence-electron chi connectivity index (χ1n) is 11.5. The van der Waals surface area contributed by atoms with Crippen LogP contribution in [0.2, 0.25) is 0 Å². The molecule has 0 saturated heterocycles. The van der Waals surface area contributed by atoms with Gasteiger partial charge in [0.1, 0.15) is 0 Å². The second-order valence-corrected chi connectivity index (χ2v) is 7.63. The van der Waals surface area contributed by atoms with Crippen molar-refractivity contribution in [1.82, 2.24) is 0 Å². The molecule has 0 aliphatic rings. The summed E-state index contributed by atoms with van der Waals surface area (Å²) in [5.41, 5.74) is 0. The topological polar surface area (TPSA) is 26.3 Å². The molecule has 0 rings (SSSR count). The average molecular weight is 355 g/mol. The Morgan fingerprint density at radius 2 is 0.880 bits per heavy atom. The monoisotopic (exact) mass is 354 g/mol. The molecule has 0 aromatic heterocycles. The van der Waals surface area contributed by atoms with Crippen LogP contribution < -0.4 is 0 Å². The van der Waals surface area contributed by atoms with Gasteiger partial charge in [-0.1, -0.05) is 117 Å². The van der Waals surface area contributed by atoms with Crippen molar-refractivity contribution in [2.75, 3.05) is 6.61 Å². The molecule has 0 bridgehead atoms. The smallest absolute Gasteiger partial charge is 0.305 e. The Balaban J connectivity index is 3.11. The zero-order valence-corrected chi connectivity index (χ0v) is 17.5. The number of rotatable bonds is 20. The molecule has 0 unspecified atom stereocenters. The van der Waals surface area contributed by atoms with Crippen LogP contribution in [0.15, 0.2) is 0 Å². The van der Waals surface area contributed by atoms with Crippen LogP contribution >= 0.6 is 0 Å². The Kier molecular flexibility index (Phi) is 21.1. The molecule has 2 nitrogen and oxygen atoms in total. The standard InChI is InChI=1S/C23H46O2/c1-3-5-7-9-11-12-13-14-15-16-18-20-22-25-23(24)21-19-17-10-8-6-4-2/h3-22H2,1-2H3. The molecule has 150 valence electrons. The second kappa shape index (κ2) is 21.5. The Labute approximate surface area is 158 Å². The molecule has 0 aromatic rings. The maximum atomic E-state index is 11.6. The summed E-state index contributed by atoms with van der Waals surface area (Å²) in [4.78, 5) is 11.6. The van der Waals surface area contributed by atoms with E-state index in [9.17, 15) is 4.79 Å². The van der Waals surface area contributed by atoms with Gasteiger partial charge in [0.25, 0.3) is 0 Å². The van der Waals surface area contributed by atoms with Gasteiger partial charge in [0.2, 0.25) is 0 Å². The molecule has 0 aliphatic carbocycles. The number of hydrogen-bond donors (Lipinski definition) is 0. The Morgan fingerprint density at radius 1 is 0.520 bits per heavy atom. The fraction of sp³-hybridized carbons (Fsp3) is 0.957. The van der Waals surface area contributed by atoms with E-state index in [2.05, 4.69) is 13.8 Å². The van der Waals surface area contributed by atoms with Gasteiger partial charge >= 0.3 is 5.97 Å². The van der Waals surface area contributed by atoms with Crippen molar-refractivity contribution in [3.05, 3.63) is 0 Å². The van der Waals surface area contributed by atoms with E-state index in [1.54, 1.807) is 0 Å². The first-order chi connectivity index (χ1) is 12.3. The van der Waals surface area contributed by atoms with Crippen LogP contribution in [0.5, 0.6) is 0 Å². The molecule has 0 aromatic carbocycles. The third kappa shape index (κ3) is 21.4. The molecule has 25 heavy (non-hydrogen) atoms. The third-order valence-electron chi connectivity index (χ3n) is 5.00. The van der Waals surface area contributed by atoms with Gasteiger partial charge in [-0.15, -0.1) is 0 Å². The van der Waals surface area contributed by atoms with Crippen LogP contribution in [0.1, 0.15) is 136 Å². The van der Waals surface area contributed by atoms with E-state index in [4.69, 9.17) is 4.74 Å². The minimum absolute atomic E-state index is 0.0126. The molecule has 0 radical (unpaired) electrons. The quantitative estimate of drug-likeness (QED) is 0.164. The van der Waals surface area contributed by atoms with Crippen molar-refractivity contribution in [1.29, 1.82) is 0 Å². The normalized spacial score (nSPS) is 11.0. The number of esters is 1. The van der Waals surface area contributed by atoms with E-state index in [-0.39, 0.29) is 5.97 Å². The predicted octanol–water partition coefficient (Wildman–Crippen LogP) is 7.98. The minimum Gasteiger partial charge on any atom is -0.466 e. The van der Waals surface area contributed by atoms with Crippen molar-refractivity contribution in [3.8, 4) is 0 Å². The third-order valence-corrected chi connectivity index (χ3v) is 5.00. The molecule has 0 saturated carbocycles. The lowest BCUT2D eigenvalue weighted by Crippen LogP contribution is -2.05. The van der Waals surface area contributed by atoms with Gasteiger partial charge < -0.3 is 4.74 Å². The SMILES string of the molecule is CCCCCCCCCCCCCCOC(=O)CCCCCCCC. The largest absolute Gasteiger partial charge is 0.466 e. The summed E-state index contributed by atoms with van der Waals surface area (Å²) in [7, 11) is 0. The van der Waals surface area contributed by atoms with Crippen LogP contribution in [0, 0.1) is 0 Å². The summed E-state index contributed by atoms with van der Waals surface area (Å²) in [6.45, 7) is 5.13. The van der Waals surface area contributed by atoms with Gasteiger partial charge in [0, 0.05) is 6.42 Å². The van der Waals surface area contributed by atoms with Crippen molar-refractivity contribution in [2.24, 2.45) is 0 Å². The highest BCUT2D eigenvalue weighted by atomic mass is 16.5. The number of carbonyl (C=O) groups is 1. The molecule has 0 heterocycles. The number of ether oxygens (including phenoxy) is 1. The van der Waals surface area contributed by atoms with E-state index in [1.807, 2.05) is 0 Å². The van der Waals surface area contributed by atoms with Gasteiger partial charge in [-0.2, -0.15) is 0 Å². The molecular formula is C23H46O2. The highest BCUT2D eigenvalue weighted by Crippen LogP contribution is 2.12. The van der Waals surface area contributed by atoms with Crippen molar-refractivity contribution < 1.29 is 9.53 Å². The molecule has 0 spiro atoms. The van der Waals surface area contributed by atoms with Crippen molar-refractivity contribution >= 4 is 5.97 Å². The fourth-order valence-corrected chi connectivity index (χ4v) is 3.25. The lowest BCUT2D eigenvalue weighted by atomic mass is 10.1. The Bertz CT molecular complexity index is 263. The predicted molar refractivity (Wildman–Crippen MR) is 110 cm³/mol. The molecule has 0 fully saturated rings. The van der Waals surface area contributed by atoms with E-state index < -0.39 is 0 Å². The first-order valence-corrected chi connectivity index (χ1v) is 11.5. The Hall–Kier alpha value is -0.530. The molecule has 0 atom stereocenters. The maximum Gasteiger partial charge on any atom is 0.305 e. The second-order valence-electron chi connectivity index (χ2n) is 7.63. The van der Waals surface area contributed by atoms with Gasteiger partial charge in [-0.3, -0.25) is 4.79 Å². The van der Waals surface area contributed by atoms with Crippen LogP contribution in [0.4, 0.5) is 0 Å². The molecular weight excluding hydrogens is 308 g/mol. The van der Waals surface area contributed by atoms with Gasteiger partial charge in [0.15, 0.2) is 0 Å². The van der Waals surface area contributed by atoms with Crippen LogP contribution in [-0.4, -0.2) is 12.6 Å². The van der Waals surface area contributed by atoms with Crippen molar-refractivity contribution in [3.63, 3.8) is 0 Å². The fourth-order valence-electron chi connectivity index (χ4n) is 3.25. The number of hydrogen-bond acceptors (Lipinski definition) is 2. The summed E-state index contributed by atoms with van der Waals surface area (Å²) in [6.07, 6.45) is 24.1. The van der Waals surface area contributed by atoms with Crippen LogP contribution in [0.3, 0.4) is 0 Å². The van der Waals surface area contributed by atoms with Gasteiger partial charge in [0.05, 0.1) is 6.61 Å². The van der Waals surface area contributed by atoms with E-state index in [0.717, 1.165) is 12.8 Å². The average Bonchev–Trinajstić information content (AvgIpc) is 2.62. The highest BCUT2D eigenvalue weighted by Gasteiger charge is 2.02. The summed E-state index contributed by atoms with van der Waals surface area (Å²) in [5, 5.41) is 0. The van der Waals surface area contributed by atoms with Gasteiger partial charge in [-0.05, 0) is 12.8 Å². The van der Waals surface area contributed by atoms with Crippen LogP contribution in [-0.2, 0) is 9.53 Å². The summed E-state index contributed by atoms with van der Waals surface area (Å²) >= 11 is 0. The highest BCUT2D eigenvalue weighted by molar-refractivity contribution is 5.69. The minimum atomic E-state index is 0.0126. The van der Waals surface area contributed by atoms with Crippen molar-refractivity contribution in [2.45, 2.75) is 136 Å². The van der Waals surface area contributed by atoms with Gasteiger partial charge in [-0.25, -0.2) is 0 Å². The zero-order valence-electron chi connectivity index (χ0n) is 17.5. The summed E-state index contributed by atoms with van der Waals surface area (Å²) in [5.74, 6) is 0.0126. The Morgan fingerprint density at radius 3 is 1.32 bits per heavy atom. The number of unbranched alkanes of at least 4 members (excludes halogenated alkanes) is 16. The van der Waals surface area contributed by atoms with E-state index in [0.29, 0.717) is 13.0 Å². The molecule has 0 N–H and O–H groups in total. The van der Waals surface area contributed by atoms with E-state index in [1.165, 1.54) is 103 Å². The lowest BCUT2D eigenvalue weighted by molar-refractivity contribution is -0.143. The summed E-state index contributed by atoms with van der Waals surface area (Å²) < 4.78 is 5.32. The lowest BCUT2D eigenvalue weighted by Gasteiger charge is -2.05. The first kappa shape index (κ1) is 24.5. The molecule has 2 heteroatoms. The zero-order chi connectivity index (χ0) is 18.4.